The van der Waals surface area contributed by atoms with E-state index in [9.17, 15) is 0 Å². The highest BCUT2D eigenvalue weighted by Gasteiger charge is 2.21. The van der Waals surface area contributed by atoms with E-state index in [0.29, 0.717) is 6.04 Å². The van der Waals surface area contributed by atoms with Crippen LogP contribution < -0.4 is 5.32 Å². The van der Waals surface area contributed by atoms with Crippen LogP contribution in [0.1, 0.15) is 37.9 Å². The van der Waals surface area contributed by atoms with Gasteiger partial charge in [0.15, 0.2) is 0 Å². The van der Waals surface area contributed by atoms with Gasteiger partial charge in [-0.05, 0) is 23.6 Å². The van der Waals surface area contributed by atoms with Crippen LogP contribution in [0, 0.1) is 0 Å². The second kappa shape index (κ2) is 4.79. The first-order valence-electron chi connectivity index (χ1n) is 6.50. The first-order valence-corrected chi connectivity index (χ1v) is 6.50. The van der Waals surface area contributed by atoms with Crippen LogP contribution in [0.2, 0.25) is 0 Å². The van der Waals surface area contributed by atoms with E-state index in [1.807, 2.05) is 0 Å². The molecule has 1 aromatic rings. The Labute approximate surface area is 105 Å². The molecule has 2 rings (SSSR count). The van der Waals surface area contributed by atoms with Gasteiger partial charge < -0.3 is 5.32 Å². The van der Waals surface area contributed by atoms with Crippen LogP contribution in [0.5, 0.6) is 0 Å². The predicted molar refractivity (Wildman–Crippen MR) is 73.4 cm³/mol. The first kappa shape index (κ1) is 12.6. The molecule has 1 atom stereocenters. The highest BCUT2D eigenvalue weighted by atomic mass is 15.2. The Bertz CT molecular complexity index is 362. The summed E-state index contributed by atoms with van der Waals surface area (Å²) in [4.78, 5) is 2.43. The third kappa shape index (κ3) is 2.88. The van der Waals surface area contributed by atoms with E-state index in [1.54, 1.807) is 0 Å². The zero-order valence-electron chi connectivity index (χ0n) is 11.5. The molecule has 94 valence electrons. The van der Waals surface area contributed by atoms with Gasteiger partial charge in [-0.25, -0.2) is 0 Å². The minimum atomic E-state index is 0.245. The molecule has 1 N–H and O–H groups in total. The fraction of sp³-hybridized carbons (Fsp3) is 0.600. The molecule has 17 heavy (non-hydrogen) atoms. The smallest absolute Gasteiger partial charge is 0.0470 e. The molecule has 1 aromatic carbocycles. The maximum atomic E-state index is 3.47. The summed E-state index contributed by atoms with van der Waals surface area (Å²) in [5.74, 6) is 0. The molecule has 0 bridgehead atoms. The van der Waals surface area contributed by atoms with Crippen LogP contribution in [0.25, 0.3) is 0 Å². The van der Waals surface area contributed by atoms with Crippen molar-refractivity contribution in [3.8, 4) is 0 Å². The lowest BCUT2D eigenvalue weighted by atomic mass is 9.86. The molecule has 1 fully saturated rings. The summed E-state index contributed by atoms with van der Waals surface area (Å²) in [6.45, 7) is 10.1. The van der Waals surface area contributed by atoms with Crippen molar-refractivity contribution in [2.45, 2.75) is 32.2 Å². The predicted octanol–water partition coefficient (Wildman–Crippen LogP) is 2.56. The number of hydrogen-bond acceptors (Lipinski definition) is 2. The molecule has 0 aliphatic carbocycles. The lowest BCUT2D eigenvalue weighted by molar-refractivity contribution is 0.202. The molecular formula is C15H24N2. The minimum absolute atomic E-state index is 0.245. The topological polar surface area (TPSA) is 15.3 Å². The molecule has 1 aliphatic rings. The number of benzene rings is 1. The summed E-state index contributed by atoms with van der Waals surface area (Å²) in [6, 6.07) is 9.65. The number of nitrogens with one attached hydrogen (secondary N) is 1. The lowest BCUT2D eigenvalue weighted by Crippen LogP contribution is -2.43. The normalized spacial score (nSPS) is 22.7. The number of piperazine rings is 1. The summed E-state index contributed by atoms with van der Waals surface area (Å²) < 4.78 is 0. The SMILES string of the molecule is CN1CCNCC1c1ccc(C(C)(C)C)cc1. The Balaban J connectivity index is 2.17. The monoisotopic (exact) mass is 232 g/mol. The van der Waals surface area contributed by atoms with Gasteiger partial charge in [0.05, 0.1) is 0 Å². The van der Waals surface area contributed by atoms with Crippen molar-refractivity contribution in [2.24, 2.45) is 0 Å². The fourth-order valence-electron chi connectivity index (χ4n) is 2.38. The molecule has 1 heterocycles. The summed E-state index contributed by atoms with van der Waals surface area (Å²) in [5.41, 5.74) is 3.08. The molecule has 1 saturated heterocycles. The maximum absolute atomic E-state index is 3.47. The van der Waals surface area contributed by atoms with Crippen LogP contribution in [0.4, 0.5) is 0 Å². The molecule has 0 spiro atoms. The summed E-state index contributed by atoms with van der Waals surface area (Å²) in [5, 5.41) is 3.47. The first-order chi connectivity index (χ1) is 7.98. The van der Waals surface area contributed by atoms with Gasteiger partial charge in [0.2, 0.25) is 0 Å². The van der Waals surface area contributed by atoms with Crippen molar-refractivity contribution in [3.63, 3.8) is 0 Å². The molecule has 1 unspecified atom stereocenters. The van der Waals surface area contributed by atoms with E-state index in [0.717, 1.165) is 19.6 Å². The standard InChI is InChI=1S/C15H24N2/c1-15(2,3)13-7-5-12(6-8-13)14-11-16-9-10-17(14)4/h5-8,14,16H,9-11H2,1-4H3. The average Bonchev–Trinajstić information content (AvgIpc) is 2.29. The number of rotatable bonds is 1. The third-order valence-electron chi connectivity index (χ3n) is 3.67. The van der Waals surface area contributed by atoms with Crippen molar-refractivity contribution >= 4 is 0 Å². The van der Waals surface area contributed by atoms with Crippen LogP contribution >= 0.6 is 0 Å². The molecule has 0 radical (unpaired) electrons. The van der Waals surface area contributed by atoms with Gasteiger partial charge in [-0.3, -0.25) is 4.90 Å². The van der Waals surface area contributed by atoms with Gasteiger partial charge >= 0.3 is 0 Å². The molecule has 0 saturated carbocycles. The highest BCUT2D eigenvalue weighted by molar-refractivity contribution is 5.29. The van der Waals surface area contributed by atoms with Gasteiger partial charge in [0.1, 0.15) is 0 Å². The summed E-state index contributed by atoms with van der Waals surface area (Å²) in [6.07, 6.45) is 0. The summed E-state index contributed by atoms with van der Waals surface area (Å²) >= 11 is 0. The molecular weight excluding hydrogens is 208 g/mol. The summed E-state index contributed by atoms with van der Waals surface area (Å²) in [7, 11) is 2.21. The molecule has 2 heteroatoms. The van der Waals surface area contributed by atoms with Gasteiger partial charge in [-0.15, -0.1) is 0 Å². The Morgan fingerprint density at radius 1 is 1.18 bits per heavy atom. The Hall–Kier alpha value is -0.860. The van der Waals surface area contributed by atoms with E-state index in [1.165, 1.54) is 11.1 Å². The lowest BCUT2D eigenvalue weighted by Gasteiger charge is -2.33. The van der Waals surface area contributed by atoms with Gasteiger partial charge in [-0.2, -0.15) is 0 Å². The van der Waals surface area contributed by atoms with E-state index < -0.39 is 0 Å². The Morgan fingerprint density at radius 3 is 2.35 bits per heavy atom. The number of hydrogen-bond donors (Lipinski definition) is 1. The number of nitrogens with zero attached hydrogens (tertiary/aromatic N) is 1. The van der Waals surface area contributed by atoms with Crippen LogP contribution in [0.3, 0.4) is 0 Å². The van der Waals surface area contributed by atoms with Crippen molar-refractivity contribution in [3.05, 3.63) is 35.4 Å². The van der Waals surface area contributed by atoms with Crippen LogP contribution in [-0.2, 0) is 5.41 Å². The number of likely N-dealkylation sites (N-methyl/N-ethyl adjacent to an activating group) is 1. The Morgan fingerprint density at radius 2 is 1.82 bits per heavy atom. The zero-order chi connectivity index (χ0) is 12.5. The zero-order valence-corrected chi connectivity index (χ0v) is 11.5. The molecule has 2 nitrogen and oxygen atoms in total. The van der Waals surface area contributed by atoms with Crippen molar-refractivity contribution in [2.75, 3.05) is 26.7 Å². The van der Waals surface area contributed by atoms with Crippen molar-refractivity contribution < 1.29 is 0 Å². The highest BCUT2D eigenvalue weighted by Crippen LogP contribution is 2.26. The molecule has 0 aromatic heterocycles. The Kier molecular flexibility index (Phi) is 3.55. The molecule has 0 amide bonds. The van der Waals surface area contributed by atoms with Crippen LogP contribution in [0.15, 0.2) is 24.3 Å². The van der Waals surface area contributed by atoms with Crippen molar-refractivity contribution in [1.82, 2.24) is 10.2 Å². The quantitative estimate of drug-likeness (QED) is 0.800. The third-order valence-corrected chi connectivity index (χ3v) is 3.67. The average molecular weight is 232 g/mol. The van der Waals surface area contributed by atoms with E-state index >= 15 is 0 Å². The van der Waals surface area contributed by atoms with Gasteiger partial charge in [0, 0.05) is 25.7 Å². The maximum Gasteiger partial charge on any atom is 0.0470 e. The molecule has 1 aliphatic heterocycles. The van der Waals surface area contributed by atoms with E-state index in [-0.39, 0.29) is 5.41 Å². The second-order valence-electron chi connectivity index (χ2n) is 6.07. The second-order valence-corrected chi connectivity index (χ2v) is 6.07. The van der Waals surface area contributed by atoms with E-state index in [4.69, 9.17) is 0 Å². The largest absolute Gasteiger partial charge is 0.314 e. The van der Waals surface area contributed by atoms with Gasteiger partial charge in [0.25, 0.3) is 0 Å². The van der Waals surface area contributed by atoms with E-state index in [2.05, 4.69) is 62.3 Å². The minimum Gasteiger partial charge on any atom is -0.314 e. The van der Waals surface area contributed by atoms with Crippen molar-refractivity contribution in [1.29, 1.82) is 0 Å². The van der Waals surface area contributed by atoms with Gasteiger partial charge in [-0.1, -0.05) is 45.0 Å². The fourth-order valence-corrected chi connectivity index (χ4v) is 2.38. The van der Waals surface area contributed by atoms with Crippen LogP contribution in [-0.4, -0.2) is 31.6 Å².